The summed E-state index contributed by atoms with van der Waals surface area (Å²) in [7, 11) is 0. The monoisotopic (exact) mass is 1420 g/mol. The summed E-state index contributed by atoms with van der Waals surface area (Å²) in [6.45, 7) is 0. The zero-order valence-electron chi connectivity index (χ0n) is 61.6. The number of nitrogens with zero attached hydrogens (tertiary/aromatic N) is 2. The molecular weight excluding hydrogens is 1350 g/mol. The molecule has 0 amide bonds. The number of hydrogen-bond donors (Lipinski definition) is 0. The van der Waals surface area contributed by atoms with Gasteiger partial charge < -0.3 is 9.80 Å². The van der Waals surface area contributed by atoms with Crippen LogP contribution in [0.25, 0.3) is 110 Å². The first kappa shape index (κ1) is 65.8. The van der Waals surface area contributed by atoms with Crippen LogP contribution in [0.2, 0.25) is 0 Å². The molecule has 0 heterocycles. The van der Waals surface area contributed by atoms with Gasteiger partial charge in [-0.25, -0.2) is 0 Å². The van der Waals surface area contributed by atoms with Crippen molar-refractivity contribution in [3.63, 3.8) is 0 Å². The average Bonchev–Trinajstić information content (AvgIpc) is 1.53. The predicted octanol–water partition coefficient (Wildman–Crippen LogP) is 29.1. The van der Waals surface area contributed by atoms with Gasteiger partial charge >= 0.3 is 0 Å². The van der Waals surface area contributed by atoms with Crippen LogP contribution in [0.4, 0.5) is 34.1 Å². The van der Waals surface area contributed by atoms with Crippen LogP contribution in [-0.4, -0.2) is 0 Å². The van der Waals surface area contributed by atoms with E-state index in [0.29, 0.717) is 0 Å². The van der Waals surface area contributed by atoms with Gasteiger partial charge in [-0.1, -0.05) is 382 Å². The molecule has 0 N–H and O–H groups in total. The van der Waals surface area contributed by atoms with E-state index in [-0.39, 0.29) is 0 Å². The number of fused-ring (bicyclic) bond motifs is 9. The third kappa shape index (κ3) is 10.6. The molecule has 21 rings (SSSR count). The fraction of sp³-hybridized carbons (Fsp3) is 0.0182. The first-order valence-electron chi connectivity index (χ1n) is 38.9. The molecule has 0 aliphatic heterocycles. The molecule has 0 bridgehead atoms. The maximum atomic E-state index is 2.50. The Bertz CT molecular complexity index is 6700. The van der Waals surface area contributed by atoms with Crippen molar-refractivity contribution in [2.75, 3.05) is 9.80 Å². The maximum Gasteiger partial charge on any atom is 0.0714 e. The molecule has 0 fully saturated rings. The van der Waals surface area contributed by atoms with Gasteiger partial charge in [-0.3, -0.25) is 0 Å². The molecule has 19 aromatic rings. The zero-order chi connectivity index (χ0) is 74.1. The zero-order valence-corrected chi connectivity index (χ0v) is 61.6. The van der Waals surface area contributed by atoms with E-state index in [4.69, 9.17) is 0 Å². The van der Waals surface area contributed by atoms with Crippen molar-refractivity contribution in [2.24, 2.45) is 0 Å². The van der Waals surface area contributed by atoms with Crippen LogP contribution in [-0.2, 0) is 10.8 Å². The second-order valence-corrected chi connectivity index (χ2v) is 29.7. The van der Waals surface area contributed by atoms with Crippen LogP contribution in [0.3, 0.4) is 0 Å². The van der Waals surface area contributed by atoms with E-state index in [9.17, 15) is 0 Å². The Labute approximate surface area is 654 Å². The van der Waals surface area contributed by atoms with E-state index in [0.717, 1.165) is 56.4 Å². The van der Waals surface area contributed by atoms with E-state index in [2.05, 4.69) is 459 Å². The molecule has 0 radical (unpaired) electrons. The molecule has 0 atom stereocenters. The highest BCUT2D eigenvalue weighted by Gasteiger charge is 2.49. The first-order chi connectivity index (χ1) is 55.6. The van der Waals surface area contributed by atoms with E-state index >= 15 is 0 Å². The number of hydrogen-bond acceptors (Lipinski definition) is 2. The van der Waals surface area contributed by atoms with E-state index in [1.165, 1.54) is 132 Å². The molecule has 524 valence electrons. The standard InChI is InChI=1S/C110H74N2/c1-6-30-75(31-7-1)76-62-66-87(67-63-76)111(105-58-28-56-103-107(105)98-50-20-22-54-101(98)109(103,83-37-8-2-9-38-83)84-39-10-3-11-40-84)90-46-25-36-81(73-90)93-53-27-34-78-60-61-82(74-100(78)93)95-71-70-94(96-48-18-19-49-97(95)96)79-64-68-88(69-65-79)112(89-45-24-35-80(72-89)92-52-26-33-77-32-16-17-47-91(77)92)106-59-29-57-104-108(106)99-51-21-23-55-102(99)110(104,85-41-12-4-13-42-85)86-43-14-5-15-44-86/h1-74H. The molecule has 112 heavy (non-hydrogen) atoms. The van der Waals surface area contributed by atoms with E-state index in [1.54, 1.807) is 0 Å². The van der Waals surface area contributed by atoms with E-state index < -0.39 is 10.8 Å². The van der Waals surface area contributed by atoms with Gasteiger partial charge in [-0.05, 0) is 210 Å². The lowest BCUT2D eigenvalue weighted by molar-refractivity contribution is 0.768. The summed E-state index contributed by atoms with van der Waals surface area (Å²) in [5, 5.41) is 7.21. The average molecular weight is 1420 g/mol. The van der Waals surface area contributed by atoms with Crippen molar-refractivity contribution < 1.29 is 0 Å². The van der Waals surface area contributed by atoms with E-state index in [1.807, 2.05) is 0 Å². The summed E-state index contributed by atoms with van der Waals surface area (Å²) in [6.07, 6.45) is 0. The van der Waals surface area contributed by atoms with Gasteiger partial charge in [-0.2, -0.15) is 0 Å². The lowest BCUT2D eigenvalue weighted by atomic mass is 9.68. The topological polar surface area (TPSA) is 6.48 Å². The van der Waals surface area contributed by atoms with Gasteiger partial charge in [0.2, 0.25) is 0 Å². The molecule has 0 saturated carbocycles. The normalized spacial score (nSPS) is 12.8. The number of benzene rings is 19. The van der Waals surface area contributed by atoms with Crippen molar-refractivity contribution in [3.05, 3.63) is 493 Å². The summed E-state index contributed by atoms with van der Waals surface area (Å²) >= 11 is 0. The number of anilines is 6. The summed E-state index contributed by atoms with van der Waals surface area (Å²) < 4.78 is 0. The number of rotatable bonds is 15. The highest BCUT2D eigenvalue weighted by Crippen LogP contribution is 2.62. The Morgan fingerprint density at radius 3 is 0.964 bits per heavy atom. The molecule has 2 nitrogen and oxygen atoms in total. The Kier molecular flexibility index (Phi) is 16.1. The minimum Gasteiger partial charge on any atom is -0.310 e. The largest absolute Gasteiger partial charge is 0.310 e. The third-order valence-corrected chi connectivity index (χ3v) is 23.8. The van der Waals surface area contributed by atoms with Crippen molar-refractivity contribution >= 4 is 66.4 Å². The summed E-state index contributed by atoms with van der Waals surface area (Å²) in [4.78, 5) is 5.00. The highest BCUT2D eigenvalue weighted by atomic mass is 15.2. The molecule has 0 aromatic heterocycles. The van der Waals surface area contributed by atoms with Gasteiger partial charge in [0.05, 0.1) is 22.2 Å². The Morgan fingerprint density at radius 2 is 0.473 bits per heavy atom. The van der Waals surface area contributed by atoms with Crippen LogP contribution in [0, 0.1) is 0 Å². The summed E-state index contributed by atoms with van der Waals surface area (Å²) in [5.74, 6) is 0. The first-order valence-corrected chi connectivity index (χ1v) is 38.9. The van der Waals surface area contributed by atoms with Gasteiger partial charge in [-0.15, -0.1) is 0 Å². The fourth-order valence-corrected chi connectivity index (χ4v) is 19.0. The third-order valence-electron chi connectivity index (χ3n) is 23.8. The highest BCUT2D eigenvalue weighted by molar-refractivity contribution is 6.09. The SMILES string of the molecule is c1ccc(-c2ccc(N(c3cccc(-c4cccc5ccc(-c6ccc(-c7ccc(N(c8cccc(-c9cccc%10ccccc9%10)c8)c8cccc9c8-c8ccccc8C9(c8ccccc8)c8ccccc8)cc7)c7ccccc67)cc45)c3)c3cccc4c3-c3ccccc3C4(c3ccccc3)c3ccccc3)cc2)cc1. The van der Waals surface area contributed by atoms with Crippen LogP contribution in [0.5, 0.6) is 0 Å². The van der Waals surface area contributed by atoms with Crippen LogP contribution in [0.15, 0.2) is 449 Å². The molecular formula is C110H74N2. The lowest BCUT2D eigenvalue weighted by Crippen LogP contribution is -2.28. The molecule has 0 saturated heterocycles. The van der Waals surface area contributed by atoms with Crippen LogP contribution in [0.1, 0.15) is 44.5 Å². The summed E-state index contributed by atoms with van der Waals surface area (Å²) in [6, 6.07) is 167. The van der Waals surface area contributed by atoms with Crippen molar-refractivity contribution in [2.45, 2.75) is 10.8 Å². The van der Waals surface area contributed by atoms with Crippen molar-refractivity contribution in [1.29, 1.82) is 0 Å². The molecule has 2 aliphatic carbocycles. The van der Waals surface area contributed by atoms with Crippen molar-refractivity contribution in [3.8, 4) is 77.9 Å². The second-order valence-electron chi connectivity index (χ2n) is 29.7. The minimum absolute atomic E-state index is 0.564. The molecule has 19 aromatic carbocycles. The quantitative estimate of drug-likeness (QED) is 0.101. The Hall–Kier alpha value is -14.4. The predicted molar refractivity (Wildman–Crippen MR) is 470 cm³/mol. The van der Waals surface area contributed by atoms with Crippen molar-refractivity contribution in [1.82, 2.24) is 0 Å². The van der Waals surface area contributed by atoms with Gasteiger partial charge in [0.25, 0.3) is 0 Å². The Balaban J connectivity index is 0.676. The Morgan fingerprint density at radius 1 is 0.161 bits per heavy atom. The minimum atomic E-state index is -0.569. The smallest absolute Gasteiger partial charge is 0.0714 e. The fourth-order valence-electron chi connectivity index (χ4n) is 19.0. The molecule has 2 aliphatic rings. The summed E-state index contributed by atoms with van der Waals surface area (Å²) in [5.41, 5.74) is 32.0. The molecule has 0 spiro atoms. The lowest BCUT2D eigenvalue weighted by Gasteiger charge is -2.34. The van der Waals surface area contributed by atoms with Crippen LogP contribution < -0.4 is 9.80 Å². The molecule has 0 unspecified atom stereocenters. The maximum absolute atomic E-state index is 2.50. The second kappa shape index (κ2) is 27.3. The van der Waals surface area contributed by atoms with Gasteiger partial charge in [0, 0.05) is 33.9 Å². The van der Waals surface area contributed by atoms with Gasteiger partial charge in [0.1, 0.15) is 0 Å². The van der Waals surface area contributed by atoms with Gasteiger partial charge in [0.15, 0.2) is 0 Å². The molecule has 2 heteroatoms. The van der Waals surface area contributed by atoms with Crippen LogP contribution >= 0.6 is 0 Å².